The summed E-state index contributed by atoms with van der Waals surface area (Å²) < 4.78 is 0. The van der Waals surface area contributed by atoms with E-state index in [2.05, 4.69) is 32.6 Å². The molecule has 1 saturated heterocycles. The maximum absolute atomic E-state index is 12.5. The largest absolute Gasteiger partial charge is 0.297 e. The highest BCUT2D eigenvalue weighted by molar-refractivity contribution is 5.89. The van der Waals surface area contributed by atoms with E-state index in [0.717, 1.165) is 25.9 Å². The van der Waals surface area contributed by atoms with Crippen LogP contribution in [0.15, 0.2) is 0 Å². The zero-order valence-corrected chi connectivity index (χ0v) is 12.1. The molecule has 17 heavy (non-hydrogen) atoms. The van der Waals surface area contributed by atoms with E-state index in [1.54, 1.807) is 0 Å². The van der Waals surface area contributed by atoms with Crippen molar-refractivity contribution in [2.24, 2.45) is 5.92 Å². The summed E-state index contributed by atoms with van der Waals surface area (Å²) in [6.07, 6.45) is 7.27. The lowest BCUT2D eigenvalue weighted by atomic mass is 9.86. The normalized spacial score (nSPS) is 20.9. The number of nitrogens with zero attached hydrogens (tertiary/aromatic N) is 1. The first-order valence-corrected chi connectivity index (χ1v) is 7.29. The molecule has 1 fully saturated rings. The monoisotopic (exact) mass is 239 g/mol. The third-order valence-corrected chi connectivity index (χ3v) is 4.17. The topological polar surface area (TPSA) is 20.3 Å². The van der Waals surface area contributed by atoms with Gasteiger partial charge in [0.25, 0.3) is 0 Å². The smallest absolute Gasteiger partial charge is 0.155 e. The highest BCUT2D eigenvalue weighted by Gasteiger charge is 2.36. The van der Waals surface area contributed by atoms with Crippen molar-refractivity contribution < 1.29 is 4.79 Å². The average molecular weight is 239 g/mol. The molecule has 1 aliphatic rings. The van der Waals surface area contributed by atoms with Gasteiger partial charge < -0.3 is 0 Å². The van der Waals surface area contributed by atoms with E-state index in [0.29, 0.717) is 5.78 Å². The van der Waals surface area contributed by atoms with Crippen molar-refractivity contribution in [3.05, 3.63) is 0 Å². The molecular weight excluding hydrogens is 210 g/mol. The molecular formula is C15H29NO. The SMILES string of the molecule is CCCC(C)C(=O)C(C)(C)N1CCCCCC1. The van der Waals surface area contributed by atoms with Crippen LogP contribution >= 0.6 is 0 Å². The predicted octanol–water partition coefficient (Wildman–Crippen LogP) is 3.65. The lowest BCUT2D eigenvalue weighted by molar-refractivity contribution is -0.133. The minimum Gasteiger partial charge on any atom is -0.297 e. The summed E-state index contributed by atoms with van der Waals surface area (Å²) >= 11 is 0. The Balaban J connectivity index is 2.66. The Morgan fingerprint density at radius 3 is 2.18 bits per heavy atom. The molecule has 0 bridgehead atoms. The average Bonchev–Trinajstić information content (AvgIpc) is 2.57. The fourth-order valence-electron chi connectivity index (χ4n) is 2.95. The molecule has 0 spiro atoms. The van der Waals surface area contributed by atoms with Gasteiger partial charge in [-0.1, -0.05) is 33.1 Å². The van der Waals surface area contributed by atoms with Gasteiger partial charge >= 0.3 is 0 Å². The summed E-state index contributed by atoms with van der Waals surface area (Å²) in [5.41, 5.74) is -0.265. The molecule has 0 aliphatic carbocycles. The van der Waals surface area contributed by atoms with Crippen molar-refractivity contribution in [2.45, 2.75) is 71.8 Å². The predicted molar refractivity (Wildman–Crippen MR) is 73.2 cm³/mol. The quantitative estimate of drug-likeness (QED) is 0.730. The van der Waals surface area contributed by atoms with Crippen LogP contribution in [0.25, 0.3) is 0 Å². The highest BCUT2D eigenvalue weighted by atomic mass is 16.1. The van der Waals surface area contributed by atoms with Gasteiger partial charge in [0, 0.05) is 5.92 Å². The van der Waals surface area contributed by atoms with E-state index in [-0.39, 0.29) is 11.5 Å². The van der Waals surface area contributed by atoms with E-state index in [1.165, 1.54) is 25.7 Å². The summed E-state index contributed by atoms with van der Waals surface area (Å²) in [7, 11) is 0. The van der Waals surface area contributed by atoms with Crippen LogP contribution < -0.4 is 0 Å². The van der Waals surface area contributed by atoms with Gasteiger partial charge in [0.1, 0.15) is 0 Å². The summed E-state index contributed by atoms with van der Waals surface area (Å²) in [5, 5.41) is 0. The van der Waals surface area contributed by atoms with E-state index < -0.39 is 0 Å². The molecule has 100 valence electrons. The first-order valence-electron chi connectivity index (χ1n) is 7.29. The third-order valence-electron chi connectivity index (χ3n) is 4.17. The van der Waals surface area contributed by atoms with Crippen LogP contribution in [-0.4, -0.2) is 29.3 Å². The summed E-state index contributed by atoms with van der Waals surface area (Å²) in [6.45, 7) is 10.7. The summed E-state index contributed by atoms with van der Waals surface area (Å²) in [4.78, 5) is 14.9. The number of rotatable bonds is 5. The van der Waals surface area contributed by atoms with Gasteiger partial charge in [0.05, 0.1) is 5.54 Å². The summed E-state index contributed by atoms with van der Waals surface area (Å²) in [6, 6.07) is 0. The van der Waals surface area contributed by atoms with Crippen LogP contribution in [0.1, 0.15) is 66.2 Å². The van der Waals surface area contributed by atoms with Gasteiger partial charge in [-0.25, -0.2) is 0 Å². The Morgan fingerprint density at radius 2 is 1.71 bits per heavy atom. The van der Waals surface area contributed by atoms with Crippen molar-refractivity contribution in [3.63, 3.8) is 0 Å². The maximum Gasteiger partial charge on any atom is 0.155 e. The Bertz CT molecular complexity index is 239. The first-order chi connectivity index (χ1) is 8.00. The van der Waals surface area contributed by atoms with Crippen LogP contribution in [0, 0.1) is 5.92 Å². The highest BCUT2D eigenvalue weighted by Crippen LogP contribution is 2.25. The van der Waals surface area contributed by atoms with Crippen molar-refractivity contribution in [1.29, 1.82) is 0 Å². The first kappa shape index (κ1) is 14.7. The van der Waals surface area contributed by atoms with Crippen LogP contribution in [0.5, 0.6) is 0 Å². The number of Topliss-reactive ketones (excluding diaryl/α,β-unsaturated/α-hetero) is 1. The number of hydrogen-bond donors (Lipinski definition) is 0. The maximum atomic E-state index is 12.5. The number of hydrogen-bond acceptors (Lipinski definition) is 2. The van der Waals surface area contributed by atoms with E-state index in [4.69, 9.17) is 0 Å². The zero-order chi connectivity index (χ0) is 12.9. The van der Waals surface area contributed by atoms with Crippen LogP contribution in [0.4, 0.5) is 0 Å². The zero-order valence-electron chi connectivity index (χ0n) is 12.1. The molecule has 1 aliphatic heterocycles. The molecule has 0 saturated carbocycles. The Labute approximate surface area is 107 Å². The van der Waals surface area contributed by atoms with Gasteiger partial charge in [-0.3, -0.25) is 9.69 Å². The van der Waals surface area contributed by atoms with E-state index >= 15 is 0 Å². The molecule has 0 aromatic heterocycles. The fraction of sp³-hybridized carbons (Fsp3) is 0.933. The number of ketones is 1. The van der Waals surface area contributed by atoms with Gasteiger partial charge in [0.15, 0.2) is 5.78 Å². The second-order valence-electron chi connectivity index (χ2n) is 6.01. The number of likely N-dealkylation sites (tertiary alicyclic amines) is 1. The molecule has 2 heteroatoms. The van der Waals surface area contributed by atoms with Crippen LogP contribution in [-0.2, 0) is 4.79 Å². The Hall–Kier alpha value is -0.370. The minimum atomic E-state index is -0.265. The minimum absolute atomic E-state index is 0.207. The van der Waals surface area contributed by atoms with Crippen molar-refractivity contribution >= 4 is 5.78 Å². The van der Waals surface area contributed by atoms with Gasteiger partial charge in [0.2, 0.25) is 0 Å². The van der Waals surface area contributed by atoms with Crippen molar-refractivity contribution in [1.82, 2.24) is 4.90 Å². The summed E-state index contributed by atoms with van der Waals surface area (Å²) in [5.74, 6) is 0.638. The van der Waals surface area contributed by atoms with Crippen molar-refractivity contribution in [2.75, 3.05) is 13.1 Å². The lowest BCUT2D eigenvalue weighted by Crippen LogP contribution is -2.52. The molecule has 0 radical (unpaired) electrons. The van der Waals surface area contributed by atoms with Crippen molar-refractivity contribution in [3.8, 4) is 0 Å². The standard InChI is InChI=1S/C15H29NO/c1-5-10-13(2)14(17)15(3,4)16-11-8-6-7-9-12-16/h13H,5-12H2,1-4H3. The molecule has 2 nitrogen and oxygen atoms in total. The van der Waals surface area contributed by atoms with E-state index in [1.807, 2.05) is 0 Å². The van der Waals surface area contributed by atoms with Gasteiger partial charge in [-0.2, -0.15) is 0 Å². The van der Waals surface area contributed by atoms with Gasteiger partial charge in [-0.15, -0.1) is 0 Å². The molecule has 0 amide bonds. The molecule has 0 aromatic carbocycles. The molecule has 1 atom stereocenters. The number of carbonyl (C=O) groups excluding carboxylic acids is 1. The van der Waals surface area contributed by atoms with Crippen LogP contribution in [0.2, 0.25) is 0 Å². The third kappa shape index (κ3) is 3.80. The number of carbonyl (C=O) groups is 1. The van der Waals surface area contributed by atoms with E-state index in [9.17, 15) is 4.79 Å². The molecule has 0 aromatic rings. The lowest BCUT2D eigenvalue weighted by Gasteiger charge is -2.38. The van der Waals surface area contributed by atoms with Crippen LogP contribution in [0.3, 0.4) is 0 Å². The van der Waals surface area contributed by atoms with Gasteiger partial charge in [-0.05, 0) is 46.2 Å². The Kier molecular flexibility index (Phi) is 5.64. The fourth-order valence-corrected chi connectivity index (χ4v) is 2.95. The molecule has 1 heterocycles. The molecule has 0 N–H and O–H groups in total. The second-order valence-corrected chi connectivity index (χ2v) is 6.01. The second kappa shape index (κ2) is 6.53. The molecule has 1 rings (SSSR count). The Morgan fingerprint density at radius 1 is 1.18 bits per heavy atom. The molecule has 1 unspecified atom stereocenters.